The summed E-state index contributed by atoms with van der Waals surface area (Å²) in [4.78, 5) is 17.3. The minimum absolute atomic E-state index is 0.00347. The van der Waals surface area contributed by atoms with Gasteiger partial charge in [-0.3, -0.25) is 4.79 Å². The van der Waals surface area contributed by atoms with E-state index in [9.17, 15) is 18.7 Å². The number of halogens is 2. The third-order valence-electron chi connectivity index (χ3n) is 4.90. The lowest BCUT2D eigenvalue weighted by atomic mass is 9.89. The van der Waals surface area contributed by atoms with Crippen LogP contribution >= 0.6 is 12.6 Å². The molecule has 0 aliphatic carbocycles. The van der Waals surface area contributed by atoms with E-state index in [1.807, 2.05) is 30.3 Å². The molecular weight excluding hydrogens is 410 g/mol. The van der Waals surface area contributed by atoms with Crippen LogP contribution in [-0.4, -0.2) is 43.1 Å². The molecule has 3 aromatic rings. The predicted molar refractivity (Wildman–Crippen MR) is 111 cm³/mol. The average molecular weight is 432 g/mol. The Hall–Kier alpha value is -2.78. The number of rotatable bonds is 9. The van der Waals surface area contributed by atoms with E-state index in [1.54, 1.807) is 0 Å². The molecular formula is C21H22F2N4O2S. The number of benzene rings is 2. The summed E-state index contributed by atoms with van der Waals surface area (Å²) in [5, 5.41) is 14.8. The molecule has 1 amide bonds. The molecule has 0 aliphatic heterocycles. The Kier molecular flexibility index (Phi) is 7.17. The van der Waals surface area contributed by atoms with Crippen molar-refractivity contribution < 1.29 is 18.7 Å². The van der Waals surface area contributed by atoms with Crippen molar-refractivity contribution in [1.29, 1.82) is 0 Å². The monoisotopic (exact) mass is 432 g/mol. The zero-order valence-corrected chi connectivity index (χ0v) is 17.1. The highest BCUT2D eigenvalue weighted by molar-refractivity contribution is 7.96. The Morgan fingerprint density at radius 2 is 1.93 bits per heavy atom. The molecule has 9 heteroatoms. The number of carbonyl (C=O) groups is 1. The van der Waals surface area contributed by atoms with Gasteiger partial charge >= 0.3 is 0 Å². The summed E-state index contributed by atoms with van der Waals surface area (Å²) >= 11 is 3.93. The zero-order valence-electron chi connectivity index (χ0n) is 16.2. The van der Waals surface area contributed by atoms with E-state index in [0.717, 1.165) is 17.7 Å². The molecule has 158 valence electrons. The summed E-state index contributed by atoms with van der Waals surface area (Å²) in [5.74, 6) is -1.61. The fourth-order valence-electron chi connectivity index (χ4n) is 3.28. The Morgan fingerprint density at radius 3 is 2.57 bits per heavy atom. The van der Waals surface area contributed by atoms with Crippen molar-refractivity contribution in [1.82, 2.24) is 19.7 Å². The van der Waals surface area contributed by atoms with Gasteiger partial charge in [-0.15, -0.1) is 0 Å². The molecule has 0 saturated heterocycles. The second kappa shape index (κ2) is 9.82. The number of nitrogens with zero attached hydrogens (tertiary/aromatic N) is 4. The molecule has 0 radical (unpaired) electrons. The van der Waals surface area contributed by atoms with Gasteiger partial charge in [-0.25, -0.2) is 18.4 Å². The first kappa shape index (κ1) is 21.9. The van der Waals surface area contributed by atoms with Crippen molar-refractivity contribution in [3.8, 4) is 0 Å². The normalized spacial score (nSPS) is 13.1. The van der Waals surface area contributed by atoms with Gasteiger partial charge in [0.25, 0.3) is 5.24 Å². The van der Waals surface area contributed by atoms with Crippen molar-refractivity contribution in [2.75, 3.05) is 13.1 Å². The first-order chi connectivity index (χ1) is 14.4. The summed E-state index contributed by atoms with van der Waals surface area (Å²) in [5.41, 5.74) is -0.756. The van der Waals surface area contributed by atoms with Crippen LogP contribution in [0.4, 0.5) is 13.6 Å². The maximum Gasteiger partial charge on any atom is 0.278 e. The van der Waals surface area contributed by atoms with Crippen LogP contribution in [0.5, 0.6) is 0 Å². The lowest BCUT2D eigenvalue weighted by molar-refractivity contribution is -0.00215. The maximum absolute atomic E-state index is 14.5. The maximum atomic E-state index is 14.5. The van der Waals surface area contributed by atoms with E-state index < -0.39 is 22.5 Å². The first-order valence-electron chi connectivity index (χ1n) is 9.39. The van der Waals surface area contributed by atoms with Gasteiger partial charge in [-0.1, -0.05) is 49.0 Å². The lowest BCUT2D eigenvalue weighted by Crippen LogP contribution is -2.39. The smallest absolute Gasteiger partial charge is 0.278 e. The summed E-state index contributed by atoms with van der Waals surface area (Å²) in [7, 11) is 0. The van der Waals surface area contributed by atoms with Crippen LogP contribution in [0.1, 0.15) is 17.5 Å². The SMILES string of the molecule is O=C(S)N(CCc1ccccc1)CC[C@](O)(Cn1cncn1)c1ccc(F)cc1F. The molecule has 1 N–H and O–H groups in total. The number of thiol groups is 1. The van der Waals surface area contributed by atoms with Gasteiger partial charge in [0.05, 0.1) is 6.54 Å². The molecule has 0 bridgehead atoms. The molecule has 0 unspecified atom stereocenters. The van der Waals surface area contributed by atoms with E-state index in [2.05, 4.69) is 22.7 Å². The second-order valence-corrected chi connectivity index (χ2v) is 7.39. The summed E-state index contributed by atoms with van der Waals surface area (Å²) in [6.45, 7) is 0.400. The van der Waals surface area contributed by atoms with Crippen molar-refractivity contribution in [2.24, 2.45) is 0 Å². The molecule has 1 heterocycles. The second-order valence-electron chi connectivity index (χ2n) is 7.00. The number of amides is 1. The van der Waals surface area contributed by atoms with E-state index in [1.165, 1.54) is 28.3 Å². The Labute approximate surface area is 178 Å². The number of aromatic nitrogens is 3. The molecule has 0 spiro atoms. The van der Waals surface area contributed by atoms with Crippen LogP contribution in [0.25, 0.3) is 0 Å². The minimum atomic E-state index is -1.74. The number of aliphatic hydroxyl groups is 1. The molecule has 0 saturated carbocycles. The number of hydrogen-bond donors (Lipinski definition) is 2. The average Bonchev–Trinajstić information content (AvgIpc) is 3.21. The quantitative estimate of drug-likeness (QED) is 0.509. The van der Waals surface area contributed by atoms with Crippen molar-refractivity contribution in [3.05, 3.63) is 83.9 Å². The van der Waals surface area contributed by atoms with Crippen molar-refractivity contribution in [3.63, 3.8) is 0 Å². The van der Waals surface area contributed by atoms with Gasteiger partial charge in [0.2, 0.25) is 0 Å². The van der Waals surface area contributed by atoms with Crippen LogP contribution < -0.4 is 0 Å². The predicted octanol–water partition coefficient (Wildman–Crippen LogP) is 3.43. The molecule has 3 rings (SSSR count). The Bertz CT molecular complexity index is 972. The fourth-order valence-corrected chi connectivity index (χ4v) is 3.48. The van der Waals surface area contributed by atoms with Crippen molar-refractivity contribution in [2.45, 2.75) is 25.0 Å². The van der Waals surface area contributed by atoms with Crippen molar-refractivity contribution >= 4 is 17.9 Å². The molecule has 6 nitrogen and oxygen atoms in total. The van der Waals surface area contributed by atoms with Gasteiger partial charge in [0.15, 0.2) is 0 Å². The third-order valence-corrected chi connectivity index (χ3v) is 5.18. The largest absolute Gasteiger partial charge is 0.383 e. The summed E-state index contributed by atoms with van der Waals surface area (Å²) in [6.07, 6.45) is 3.30. The van der Waals surface area contributed by atoms with Gasteiger partial charge in [-0.05, 0) is 24.5 Å². The highest BCUT2D eigenvalue weighted by atomic mass is 32.1. The van der Waals surface area contributed by atoms with Crippen LogP contribution in [0.15, 0.2) is 61.2 Å². The molecule has 2 aromatic carbocycles. The zero-order chi connectivity index (χ0) is 21.6. The lowest BCUT2D eigenvalue weighted by Gasteiger charge is -2.31. The van der Waals surface area contributed by atoms with E-state index in [-0.39, 0.29) is 25.1 Å². The van der Waals surface area contributed by atoms with Gasteiger partial charge in [-0.2, -0.15) is 5.10 Å². The molecule has 30 heavy (non-hydrogen) atoms. The van der Waals surface area contributed by atoms with E-state index >= 15 is 0 Å². The van der Waals surface area contributed by atoms with Crippen LogP contribution in [0.2, 0.25) is 0 Å². The molecule has 1 aromatic heterocycles. The van der Waals surface area contributed by atoms with Gasteiger partial charge in [0, 0.05) is 24.7 Å². The summed E-state index contributed by atoms with van der Waals surface area (Å²) in [6, 6.07) is 12.7. The van der Waals surface area contributed by atoms with Crippen LogP contribution in [-0.2, 0) is 18.6 Å². The topological polar surface area (TPSA) is 71.2 Å². The van der Waals surface area contributed by atoms with Gasteiger partial charge < -0.3 is 10.0 Å². The fraction of sp³-hybridized carbons (Fsp3) is 0.286. The highest BCUT2D eigenvalue weighted by Crippen LogP contribution is 2.30. The Balaban J connectivity index is 1.78. The third kappa shape index (κ3) is 5.64. The van der Waals surface area contributed by atoms with Gasteiger partial charge in [0.1, 0.15) is 29.9 Å². The first-order valence-corrected chi connectivity index (χ1v) is 9.84. The minimum Gasteiger partial charge on any atom is -0.383 e. The van der Waals surface area contributed by atoms with Crippen LogP contribution in [0.3, 0.4) is 0 Å². The molecule has 0 fully saturated rings. The van der Waals surface area contributed by atoms with E-state index in [4.69, 9.17) is 0 Å². The number of hydrogen-bond acceptors (Lipinski definition) is 4. The highest BCUT2D eigenvalue weighted by Gasteiger charge is 2.34. The van der Waals surface area contributed by atoms with Crippen LogP contribution in [0, 0.1) is 11.6 Å². The number of carbonyl (C=O) groups excluding carboxylic acids is 1. The summed E-state index contributed by atoms with van der Waals surface area (Å²) < 4.78 is 29.2. The molecule has 0 aliphatic rings. The van der Waals surface area contributed by atoms with E-state index in [0.29, 0.717) is 13.0 Å². The molecule has 1 atom stereocenters. The Morgan fingerprint density at radius 1 is 1.17 bits per heavy atom. The standard InChI is InChI=1S/C21H22F2N4O2S/c22-17-6-7-18(19(23)12-17)21(29,13-27-15-24-14-25-27)9-11-26(20(28)30)10-8-16-4-2-1-3-5-16/h1-7,12,14-15,29H,8-11,13H2,(H,28,30)/t21-/m0/s1.